The zero-order chi connectivity index (χ0) is 19.9. The molecule has 0 aliphatic rings. The van der Waals surface area contributed by atoms with Crippen molar-refractivity contribution >= 4 is 23.4 Å². The fourth-order valence-electron chi connectivity index (χ4n) is 2.45. The van der Waals surface area contributed by atoms with Gasteiger partial charge in [-0.1, -0.05) is 36.0 Å². The van der Waals surface area contributed by atoms with Crippen molar-refractivity contribution in [3.05, 3.63) is 81.8 Å². The van der Waals surface area contributed by atoms with Crippen LogP contribution in [0.15, 0.2) is 64.5 Å². The molecular weight excluding hydrogens is 374 g/mol. The van der Waals surface area contributed by atoms with E-state index in [0.717, 1.165) is 11.3 Å². The number of rotatable bonds is 7. The number of aromatic nitrogens is 2. The first-order valence-electron chi connectivity index (χ1n) is 8.77. The van der Waals surface area contributed by atoms with E-state index in [2.05, 4.69) is 15.3 Å². The molecular formula is C21H21N3O3S. The molecule has 0 unspecified atom stereocenters. The fourth-order valence-corrected chi connectivity index (χ4v) is 3.14. The molecule has 3 rings (SSSR count). The summed E-state index contributed by atoms with van der Waals surface area (Å²) in [5, 5.41) is 3.24. The van der Waals surface area contributed by atoms with E-state index >= 15 is 0 Å². The predicted octanol–water partition coefficient (Wildman–Crippen LogP) is 3.70. The van der Waals surface area contributed by atoms with Crippen LogP contribution in [0.5, 0.6) is 5.75 Å². The second-order valence-corrected chi connectivity index (χ2v) is 7.24. The van der Waals surface area contributed by atoms with Gasteiger partial charge in [-0.2, -0.15) is 0 Å². The first kappa shape index (κ1) is 19.7. The molecule has 0 radical (unpaired) electrons. The third kappa shape index (κ3) is 5.72. The number of ether oxygens (including phenoxy) is 1. The molecule has 6 nitrogen and oxygen atoms in total. The van der Waals surface area contributed by atoms with E-state index in [1.807, 2.05) is 62.4 Å². The maximum Gasteiger partial charge on any atom is 0.251 e. The lowest BCUT2D eigenvalue weighted by Gasteiger charge is -2.08. The molecule has 28 heavy (non-hydrogen) atoms. The largest absolute Gasteiger partial charge is 0.487 e. The van der Waals surface area contributed by atoms with Crippen molar-refractivity contribution in [3.63, 3.8) is 0 Å². The number of aromatic amines is 1. The van der Waals surface area contributed by atoms with Crippen LogP contribution >= 0.6 is 11.8 Å². The number of benzene rings is 2. The molecule has 144 valence electrons. The maximum atomic E-state index is 12.2. The van der Waals surface area contributed by atoms with Gasteiger partial charge >= 0.3 is 0 Å². The smallest absolute Gasteiger partial charge is 0.251 e. The normalized spacial score (nSPS) is 10.5. The van der Waals surface area contributed by atoms with Crippen molar-refractivity contribution in [1.29, 1.82) is 0 Å². The highest BCUT2D eigenvalue weighted by molar-refractivity contribution is 7.99. The molecule has 0 saturated heterocycles. The van der Waals surface area contributed by atoms with Gasteiger partial charge in [-0.3, -0.25) is 9.59 Å². The highest BCUT2D eigenvalue weighted by atomic mass is 32.2. The molecule has 3 aromatic rings. The van der Waals surface area contributed by atoms with E-state index in [-0.39, 0.29) is 23.8 Å². The molecule has 1 heterocycles. The van der Waals surface area contributed by atoms with Gasteiger partial charge in [0.05, 0.1) is 11.4 Å². The number of H-pyrrole nitrogens is 1. The highest BCUT2D eigenvalue weighted by Crippen LogP contribution is 2.17. The molecule has 0 fully saturated rings. The Morgan fingerprint density at radius 2 is 1.89 bits per heavy atom. The van der Waals surface area contributed by atoms with Crippen molar-refractivity contribution in [3.8, 4) is 5.75 Å². The topological polar surface area (TPSA) is 84.1 Å². The third-order valence-electron chi connectivity index (χ3n) is 4.03. The van der Waals surface area contributed by atoms with Gasteiger partial charge in [-0.15, -0.1) is 0 Å². The molecule has 0 atom stereocenters. The average molecular weight is 395 g/mol. The van der Waals surface area contributed by atoms with Gasteiger partial charge in [0.15, 0.2) is 5.16 Å². The summed E-state index contributed by atoms with van der Waals surface area (Å²) in [7, 11) is 0. The quantitative estimate of drug-likeness (QED) is 0.471. The summed E-state index contributed by atoms with van der Waals surface area (Å²) in [5.41, 5.74) is 3.26. The van der Waals surface area contributed by atoms with Gasteiger partial charge in [0, 0.05) is 11.8 Å². The lowest BCUT2D eigenvalue weighted by atomic mass is 10.1. The van der Waals surface area contributed by atoms with E-state index in [1.54, 1.807) is 0 Å². The number of anilines is 1. The van der Waals surface area contributed by atoms with Crippen molar-refractivity contribution in [2.24, 2.45) is 0 Å². The zero-order valence-electron chi connectivity index (χ0n) is 15.7. The van der Waals surface area contributed by atoms with Crippen LogP contribution in [-0.2, 0) is 11.4 Å². The molecule has 1 amide bonds. The molecule has 0 spiro atoms. The van der Waals surface area contributed by atoms with Crippen LogP contribution in [0, 0.1) is 13.8 Å². The molecule has 0 aliphatic carbocycles. The molecule has 0 saturated carbocycles. The van der Waals surface area contributed by atoms with Crippen LogP contribution < -0.4 is 15.6 Å². The van der Waals surface area contributed by atoms with E-state index in [4.69, 9.17) is 4.74 Å². The van der Waals surface area contributed by atoms with Crippen LogP contribution in [0.2, 0.25) is 0 Å². The Labute approximate surface area is 167 Å². The lowest BCUT2D eigenvalue weighted by Crippen LogP contribution is -2.16. The third-order valence-corrected chi connectivity index (χ3v) is 4.91. The Bertz CT molecular complexity index is 1020. The van der Waals surface area contributed by atoms with Gasteiger partial charge < -0.3 is 15.0 Å². The van der Waals surface area contributed by atoms with Crippen molar-refractivity contribution in [2.45, 2.75) is 25.6 Å². The number of hydrogen-bond donors (Lipinski definition) is 2. The standard InChI is InChI=1S/C21H21N3O3S/c1-14-8-9-16(10-15(14)2)22-20(26)13-28-21-23-17(11-19(25)24-21)12-27-18-6-4-3-5-7-18/h3-11H,12-13H2,1-2H3,(H,22,26)(H,23,24,25). The van der Waals surface area contributed by atoms with Crippen molar-refractivity contribution in [1.82, 2.24) is 9.97 Å². The van der Waals surface area contributed by atoms with Crippen LogP contribution in [0.1, 0.15) is 16.8 Å². The number of nitrogens with zero attached hydrogens (tertiary/aromatic N) is 1. The summed E-state index contributed by atoms with van der Waals surface area (Å²) < 4.78 is 5.62. The van der Waals surface area contributed by atoms with E-state index < -0.39 is 0 Å². The molecule has 2 aromatic carbocycles. The predicted molar refractivity (Wildman–Crippen MR) is 111 cm³/mol. The number of carbonyl (C=O) groups excluding carboxylic acids is 1. The first-order valence-corrected chi connectivity index (χ1v) is 9.76. The summed E-state index contributed by atoms with van der Waals surface area (Å²) in [6, 6.07) is 16.5. The summed E-state index contributed by atoms with van der Waals surface area (Å²) in [6.07, 6.45) is 0. The number of hydrogen-bond acceptors (Lipinski definition) is 5. The van der Waals surface area contributed by atoms with E-state index in [1.165, 1.54) is 23.4 Å². The van der Waals surface area contributed by atoms with Gasteiger partial charge in [0.1, 0.15) is 12.4 Å². The Balaban J connectivity index is 1.57. The second-order valence-electron chi connectivity index (χ2n) is 6.28. The summed E-state index contributed by atoms with van der Waals surface area (Å²) in [5.74, 6) is 0.673. The summed E-state index contributed by atoms with van der Waals surface area (Å²) >= 11 is 1.17. The summed E-state index contributed by atoms with van der Waals surface area (Å²) in [6.45, 7) is 4.20. The molecule has 0 bridgehead atoms. The van der Waals surface area contributed by atoms with Gasteiger partial charge in [0.2, 0.25) is 5.91 Å². The Kier molecular flexibility index (Phi) is 6.49. The molecule has 7 heteroatoms. The van der Waals surface area contributed by atoms with E-state index in [9.17, 15) is 9.59 Å². The minimum absolute atomic E-state index is 0.138. The van der Waals surface area contributed by atoms with Gasteiger partial charge in [0.25, 0.3) is 5.56 Å². The minimum Gasteiger partial charge on any atom is -0.487 e. The SMILES string of the molecule is Cc1ccc(NC(=O)CSc2nc(COc3ccccc3)cc(=O)[nH]2)cc1C. The van der Waals surface area contributed by atoms with Crippen LogP contribution in [0.4, 0.5) is 5.69 Å². The van der Waals surface area contributed by atoms with Crippen LogP contribution in [0.25, 0.3) is 0 Å². The van der Waals surface area contributed by atoms with Crippen LogP contribution in [-0.4, -0.2) is 21.6 Å². The lowest BCUT2D eigenvalue weighted by molar-refractivity contribution is -0.113. The average Bonchev–Trinajstić information content (AvgIpc) is 2.68. The highest BCUT2D eigenvalue weighted by Gasteiger charge is 2.08. The first-order chi connectivity index (χ1) is 13.5. The molecule has 2 N–H and O–H groups in total. The zero-order valence-corrected chi connectivity index (χ0v) is 16.5. The molecule has 0 aliphatic heterocycles. The number of thioether (sulfide) groups is 1. The molecule has 1 aromatic heterocycles. The van der Waals surface area contributed by atoms with Crippen molar-refractivity contribution < 1.29 is 9.53 Å². The number of amides is 1. The maximum absolute atomic E-state index is 12.2. The van der Waals surface area contributed by atoms with Crippen molar-refractivity contribution in [2.75, 3.05) is 11.1 Å². The fraction of sp³-hybridized carbons (Fsp3) is 0.190. The second kappa shape index (κ2) is 9.23. The van der Waals surface area contributed by atoms with E-state index in [0.29, 0.717) is 16.6 Å². The monoisotopic (exact) mass is 395 g/mol. The summed E-state index contributed by atoms with van der Waals surface area (Å²) in [4.78, 5) is 31.0. The number of carbonyl (C=O) groups is 1. The number of para-hydroxylation sites is 1. The Hall–Kier alpha value is -3.06. The Morgan fingerprint density at radius 1 is 1.11 bits per heavy atom. The van der Waals surface area contributed by atoms with Gasteiger partial charge in [-0.25, -0.2) is 4.98 Å². The van der Waals surface area contributed by atoms with Crippen LogP contribution in [0.3, 0.4) is 0 Å². The minimum atomic E-state index is -0.279. The van der Waals surface area contributed by atoms with Gasteiger partial charge in [-0.05, 0) is 49.2 Å². The number of aryl methyl sites for hydroxylation is 2. The number of nitrogens with one attached hydrogen (secondary N) is 2. The Morgan fingerprint density at radius 3 is 2.64 bits per heavy atom.